The molecule has 1 saturated carbocycles. The first-order chi connectivity index (χ1) is 6.39. The summed E-state index contributed by atoms with van der Waals surface area (Å²) in [6, 6.07) is 0.738. The van der Waals surface area contributed by atoms with E-state index in [1.54, 1.807) is 0 Å². The fourth-order valence-electron chi connectivity index (χ4n) is 0.971. The molecule has 0 saturated heterocycles. The lowest BCUT2D eigenvalue weighted by Gasteiger charge is -2.06. The molecule has 1 fully saturated rings. The van der Waals surface area contributed by atoms with Crippen molar-refractivity contribution in [2.45, 2.75) is 38.4 Å². The van der Waals surface area contributed by atoms with Crippen LogP contribution in [0.25, 0.3) is 0 Å². The summed E-state index contributed by atoms with van der Waals surface area (Å²) in [5, 5.41) is 3.24. The van der Waals surface area contributed by atoms with E-state index in [9.17, 15) is 13.2 Å². The normalized spacial score (nSPS) is 18.1. The zero-order valence-electron chi connectivity index (χ0n) is 8.40. The second kappa shape index (κ2) is 6.01. The molecule has 0 radical (unpaired) electrons. The predicted molar refractivity (Wildman–Crippen MR) is 48.0 cm³/mol. The topological polar surface area (TPSA) is 29.1 Å². The molecule has 14 heavy (non-hydrogen) atoms. The Bertz CT molecular complexity index is 166. The molecule has 0 spiro atoms. The summed E-state index contributed by atoms with van der Waals surface area (Å²) in [5.74, 6) is 1.07. The Hall–Kier alpha value is -0.580. The summed E-state index contributed by atoms with van der Waals surface area (Å²) in [7, 11) is 2.03. The Kier molecular flexibility index (Phi) is 5.76. The van der Waals surface area contributed by atoms with Gasteiger partial charge in [-0.15, -0.1) is 0 Å². The van der Waals surface area contributed by atoms with E-state index in [1.807, 2.05) is 7.05 Å². The summed E-state index contributed by atoms with van der Waals surface area (Å²) in [6.45, 7) is 2.25. The predicted octanol–water partition coefficient (Wildman–Crippen LogP) is 2.14. The van der Waals surface area contributed by atoms with Gasteiger partial charge in [-0.3, -0.25) is 4.79 Å². The average molecular weight is 211 g/mol. The van der Waals surface area contributed by atoms with Gasteiger partial charge in [-0.2, -0.15) is 13.2 Å². The molecular weight excluding hydrogens is 195 g/mol. The number of carbonyl (C=O) groups excluding carboxylic acids is 1. The molecule has 84 valence electrons. The summed E-state index contributed by atoms with van der Waals surface area (Å²) in [5.41, 5.74) is 0. The maximum absolute atomic E-state index is 10.4. The molecule has 1 N–H and O–H groups in total. The summed E-state index contributed by atoms with van der Waals surface area (Å²) < 4.78 is 31.2. The van der Waals surface area contributed by atoms with Crippen LogP contribution < -0.4 is 5.32 Å². The molecule has 1 aliphatic rings. The number of nitrogens with one attached hydrogen (secondary N) is 1. The standard InChI is InChI=1S/C7H15N.C2HF3O/c1-6(8-2)5-7-3-4-7;3-2(4,5)1-6/h6-8H,3-5H2,1-2H3;1H. The monoisotopic (exact) mass is 211 g/mol. The molecule has 1 aliphatic carbocycles. The number of aldehydes is 1. The van der Waals surface area contributed by atoms with E-state index in [4.69, 9.17) is 4.79 Å². The van der Waals surface area contributed by atoms with Gasteiger partial charge >= 0.3 is 6.18 Å². The van der Waals surface area contributed by atoms with Gasteiger partial charge in [-0.05, 0) is 26.3 Å². The third-order valence-corrected chi connectivity index (χ3v) is 2.01. The second-order valence-corrected chi connectivity index (χ2v) is 3.53. The van der Waals surface area contributed by atoms with Gasteiger partial charge in [0.15, 0.2) is 0 Å². The smallest absolute Gasteiger partial charge is 0.317 e. The van der Waals surface area contributed by atoms with E-state index in [1.165, 1.54) is 19.3 Å². The van der Waals surface area contributed by atoms with Crippen molar-refractivity contribution in [2.75, 3.05) is 7.05 Å². The van der Waals surface area contributed by atoms with Crippen LogP contribution in [0.2, 0.25) is 0 Å². The number of hydrogen-bond donors (Lipinski definition) is 1. The van der Waals surface area contributed by atoms with Crippen molar-refractivity contribution in [3.05, 3.63) is 0 Å². The van der Waals surface area contributed by atoms with Crippen molar-refractivity contribution in [1.29, 1.82) is 0 Å². The third-order valence-electron chi connectivity index (χ3n) is 2.01. The van der Waals surface area contributed by atoms with E-state index >= 15 is 0 Å². The molecule has 0 aromatic rings. The van der Waals surface area contributed by atoms with E-state index in [0.717, 1.165) is 12.0 Å². The minimum atomic E-state index is -4.64. The van der Waals surface area contributed by atoms with Crippen molar-refractivity contribution >= 4 is 6.29 Å². The Labute approximate surface area is 81.9 Å². The lowest BCUT2D eigenvalue weighted by molar-refractivity contribution is -0.156. The van der Waals surface area contributed by atoms with Crippen molar-refractivity contribution < 1.29 is 18.0 Å². The van der Waals surface area contributed by atoms with Gasteiger partial charge in [-0.1, -0.05) is 12.8 Å². The third kappa shape index (κ3) is 9.51. The SMILES string of the molecule is CNC(C)CC1CC1.O=CC(F)(F)F. The first-order valence-electron chi connectivity index (χ1n) is 4.59. The van der Waals surface area contributed by atoms with Gasteiger partial charge in [-0.25, -0.2) is 0 Å². The highest BCUT2D eigenvalue weighted by Crippen LogP contribution is 2.33. The van der Waals surface area contributed by atoms with Crippen molar-refractivity contribution in [2.24, 2.45) is 5.92 Å². The lowest BCUT2D eigenvalue weighted by Crippen LogP contribution is -2.21. The van der Waals surface area contributed by atoms with Gasteiger partial charge in [0, 0.05) is 6.04 Å². The van der Waals surface area contributed by atoms with Crippen LogP contribution in [-0.2, 0) is 4.79 Å². The van der Waals surface area contributed by atoms with Crippen molar-refractivity contribution in [3.8, 4) is 0 Å². The maximum atomic E-state index is 10.4. The zero-order valence-corrected chi connectivity index (χ0v) is 8.40. The molecule has 0 aromatic heterocycles. The first kappa shape index (κ1) is 13.4. The Morgan fingerprint density at radius 2 is 1.93 bits per heavy atom. The largest absolute Gasteiger partial charge is 0.446 e. The van der Waals surface area contributed by atoms with Crippen LogP contribution in [0.3, 0.4) is 0 Å². The van der Waals surface area contributed by atoms with Crippen LogP contribution in [0.5, 0.6) is 0 Å². The van der Waals surface area contributed by atoms with Crippen LogP contribution in [0, 0.1) is 5.92 Å². The highest BCUT2D eigenvalue weighted by Gasteiger charge is 2.25. The number of hydrogen-bond acceptors (Lipinski definition) is 2. The van der Waals surface area contributed by atoms with Crippen LogP contribution >= 0.6 is 0 Å². The van der Waals surface area contributed by atoms with Gasteiger partial charge in [0.2, 0.25) is 6.29 Å². The fourth-order valence-corrected chi connectivity index (χ4v) is 0.971. The second-order valence-electron chi connectivity index (χ2n) is 3.53. The molecule has 2 nitrogen and oxygen atoms in total. The van der Waals surface area contributed by atoms with Crippen LogP contribution in [0.4, 0.5) is 13.2 Å². The fraction of sp³-hybridized carbons (Fsp3) is 0.889. The van der Waals surface area contributed by atoms with Gasteiger partial charge in [0.05, 0.1) is 0 Å². The van der Waals surface area contributed by atoms with Crippen LogP contribution in [0.1, 0.15) is 26.2 Å². The minimum absolute atomic E-state index is 0.738. The van der Waals surface area contributed by atoms with Gasteiger partial charge < -0.3 is 5.32 Å². The molecule has 0 amide bonds. The average Bonchev–Trinajstić information content (AvgIpc) is 2.88. The molecule has 1 unspecified atom stereocenters. The lowest BCUT2D eigenvalue weighted by atomic mass is 10.2. The summed E-state index contributed by atoms with van der Waals surface area (Å²) >= 11 is 0. The molecule has 0 aromatic carbocycles. The van der Waals surface area contributed by atoms with E-state index in [-0.39, 0.29) is 0 Å². The summed E-state index contributed by atoms with van der Waals surface area (Å²) in [4.78, 5) is 8.70. The highest BCUT2D eigenvalue weighted by atomic mass is 19.4. The number of halogens is 3. The van der Waals surface area contributed by atoms with E-state index < -0.39 is 12.5 Å². The van der Waals surface area contributed by atoms with Crippen LogP contribution in [0.15, 0.2) is 0 Å². The molecule has 1 rings (SSSR count). The molecule has 5 heteroatoms. The highest BCUT2D eigenvalue weighted by molar-refractivity contribution is 5.56. The molecule has 1 atom stereocenters. The van der Waals surface area contributed by atoms with Gasteiger partial charge in [0.25, 0.3) is 0 Å². The van der Waals surface area contributed by atoms with E-state index in [0.29, 0.717) is 0 Å². The molecular formula is C9H16F3NO. The quantitative estimate of drug-likeness (QED) is 0.724. The first-order valence-corrected chi connectivity index (χ1v) is 4.59. The Morgan fingerprint density at radius 3 is 2.14 bits per heavy atom. The zero-order chi connectivity index (χ0) is 11.2. The molecule has 0 heterocycles. The Morgan fingerprint density at radius 1 is 1.50 bits per heavy atom. The van der Waals surface area contributed by atoms with Crippen molar-refractivity contribution in [1.82, 2.24) is 5.32 Å². The molecule has 0 aliphatic heterocycles. The van der Waals surface area contributed by atoms with Crippen LogP contribution in [-0.4, -0.2) is 25.6 Å². The number of carbonyl (C=O) groups is 1. The van der Waals surface area contributed by atoms with E-state index in [2.05, 4.69) is 12.2 Å². The Balaban J connectivity index is 0.000000255. The maximum Gasteiger partial charge on any atom is 0.446 e. The van der Waals surface area contributed by atoms with Gasteiger partial charge in [0.1, 0.15) is 0 Å². The number of alkyl halides is 3. The van der Waals surface area contributed by atoms with Crippen molar-refractivity contribution in [3.63, 3.8) is 0 Å². The minimum Gasteiger partial charge on any atom is -0.317 e. The summed E-state index contributed by atoms with van der Waals surface area (Å²) in [6.07, 6.45) is -1.36. The number of rotatable bonds is 3. The molecule has 0 bridgehead atoms.